The number of aromatic nitrogens is 2. The van der Waals surface area contributed by atoms with Crippen molar-refractivity contribution in [1.82, 2.24) is 9.55 Å². The molecule has 0 amide bonds. The van der Waals surface area contributed by atoms with Gasteiger partial charge >= 0.3 is 6.36 Å². The number of nitrogens with zero attached hydrogens (tertiary/aromatic N) is 2. The number of anilines is 2. The Morgan fingerprint density at radius 1 is 1.03 bits per heavy atom. The van der Waals surface area contributed by atoms with E-state index in [1.54, 1.807) is 23.9 Å². The van der Waals surface area contributed by atoms with E-state index in [9.17, 15) is 13.2 Å². The predicted octanol–water partition coefficient (Wildman–Crippen LogP) is 9.36. The van der Waals surface area contributed by atoms with Gasteiger partial charge in [-0.1, -0.05) is 51.1 Å². The van der Waals surface area contributed by atoms with Gasteiger partial charge in [0, 0.05) is 22.4 Å². The molecule has 200 valence electrons. The molecule has 0 spiro atoms. The average molecular weight is 540 g/mol. The first kappa shape index (κ1) is 26.5. The van der Waals surface area contributed by atoms with E-state index in [1.165, 1.54) is 24.1 Å². The zero-order chi connectivity index (χ0) is 26.9. The average Bonchev–Trinajstić information content (AvgIpc) is 3.19. The van der Waals surface area contributed by atoms with Gasteiger partial charge in [0.25, 0.3) is 0 Å². The van der Waals surface area contributed by atoms with Gasteiger partial charge < -0.3 is 14.6 Å². The number of imidazole rings is 1. The number of alkyl halides is 3. The Bertz CT molecular complexity index is 1380. The molecule has 5 rings (SSSR count). The van der Waals surface area contributed by atoms with Gasteiger partial charge in [0.2, 0.25) is 5.95 Å². The van der Waals surface area contributed by atoms with Gasteiger partial charge in [-0.25, -0.2) is 4.98 Å². The van der Waals surface area contributed by atoms with Crippen molar-refractivity contribution in [3.63, 3.8) is 0 Å². The summed E-state index contributed by atoms with van der Waals surface area (Å²) in [6.45, 7) is 6.94. The second-order valence-corrected chi connectivity index (χ2v) is 12.0. The first-order chi connectivity index (χ1) is 18.0. The molecule has 0 saturated heterocycles. The van der Waals surface area contributed by atoms with Crippen LogP contribution in [0.1, 0.15) is 51.6 Å². The molecule has 1 heterocycles. The third-order valence-corrected chi connectivity index (χ3v) is 8.05. The van der Waals surface area contributed by atoms with Crippen LogP contribution in [0, 0.1) is 11.3 Å². The van der Waals surface area contributed by atoms with Gasteiger partial charge in [-0.05, 0) is 78.6 Å². The second kappa shape index (κ2) is 10.6. The number of hydrogen-bond donors (Lipinski definition) is 1. The Kier molecular flexibility index (Phi) is 7.36. The number of ether oxygens (including phenoxy) is 1. The van der Waals surface area contributed by atoms with Crippen molar-refractivity contribution in [2.45, 2.75) is 63.1 Å². The van der Waals surface area contributed by atoms with Crippen LogP contribution in [0.15, 0.2) is 77.7 Å². The van der Waals surface area contributed by atoms with E-state index in [2.05, 4.69) is 65.7 Å². The van der Waals surface area contributed by atoms with Crippen LogP contribution in [0.3, 0.4) is 0 Å². The Morgan fingerprint density at radius 3 is 2.45 bits per heavy atom. The monoisotopic (exact) mass is 539 g/mol. The number of nitrogens with one attached hydrogen (secondary N) is 1. The summed E-state index contributed by atoms with van der Waals surface area (Å²) >= 11 is 1.77. The molecular weight excluding hydrogens is 507 g/mol. The van der Waals surface area contributed by atoms with E-state index in [4.69, 9.17) is 4.98 Å². The summed E-state index contributed by atoms with van der Waals surface area (Å²) in [5.41, 5.74) is 4.08. The molecule has 8 heteroatoms. The van der Waals surface area contributed by atoms with E-state index in [0.29, 0.717) is 17.6 Å². The van der Waals surface area contributed by atoms with Gasteiger partial charge in [-0.3, -0.25) is 0 Å². The summed E-state index contributed by atoms with van der Waals surface area (Å²) in [6, 6.07) is 22.8. The van der Waals surface area contributed by atoms with Gasteiger partial charge in [-0.2, -0.15) is 0 Å². The summed E-state index contributed by atoms with van der Waals surface area (Å²) in [7, 11) is 0. The SMILES string of the molecule is CC1CC(n2c(Nc3ccc(OC(F)(F)F)cc3)nc3cc(SCc4ccccc4)ccc32)CC(C)(C)C1. The zero-order valence-corrected chi connectivity index (χ0v) is 22.6. The number of thioether (sulfide) groups is 1. The van der Waals surface area contributed by atoms with Crippen molar-refractivity contribution in [3.05, 3.63) is 78.4 Å². The minimum atomic E-state index is -4.72. The van der Waals surface area contributed by atoms with Gasteiger partial charge in [0.1, 0.15) is 5.75 Å². The van der Waals surface area contributed by atoms with Crippen molar-refractivity contribution < 1.29 is 17.9 Å². The normalized spacial score (nSPS) is 19.4. The molecule has 1 aromatic heterocycles. The Morgan fingerprint density at radius 2 is 1.76 bits per heavy atom. The van der Waals surface area contributed by atoms with E-state index in [0.717, 1.165) is 34.5 Å². The van der Waals surface area contributed by atoms with E-state index in [-0.39, 0.29) is 17.2 Å². The topological polar surface area (TPSA) is 39.1 Å². The molecule has 0 aliphatic heterocycles. The third-order valence-electron chi connectivity index (χ3n) is 6.98. The fourth-order valence-corrected chi connectivity index (χ4v) is 6.61. The number of rotatable bonds is 7. The van der Waals surface area contributed by atoms with Crippen molar-refractivity contribution in [3.8, 4) is 5.75 Å². The molecule has 1 N–H and O–H groups in total. The van der Waals surface area contributed by atoms with Crippen LogP contribution in [0.5, 0.6) is 5.75 Å². The quantitative estimate of drug-likeness (QED) is 0.238. The summed E-state index contributed by atoms with van der Waals surface area (Å²) in [5.74, 6) is 1.90. The standard InChI is InChI=1S/C30H32F3N3OS/c1-20-15-23(18-29(2,3)17-20)36-27-14-13-25(38-19-21-7-5-4-6-8-21)16-26(27)35-28(36)34-22-9-11-24(12-10-22)37-30(31,32)33/h4-14,16,20,23H,15,17-19H2,1-3H3,(H,34,35). The first-order valence-corrected chi connectivity index (χ1v) is 13.8. The fourth-order valence-electron chi connectivity index (χ4n) is 5.73. The van der Waals surface area contributed by atoms with Gasteiger partial charge in [0.15, 0.2) is 0 Å². The number of hydrogen-bond acceptors (Lipinski definition) is 4. The molecule has 1 fully saturated rings. The van der Waals surface area contributed by atoms with Crippen LogP contribution in [-0.2, 0) is 5.75 Å². The molecule has 0 bridgehead atoms. The summed E-state index contributed by atoms with van der Waals surface area (Å²) in [6.07, 6.45) is -1.46. The van der Waals surface area contributed by atoms with Crippen LogP contribution in [0.4, 0.5) is 24.8 Å². The van der Waals surface area contributed by atoms with Gasteiger partial charge in [-0.15, -0.1) is 24.9 Å². The minimum absolute atomic E-state index is 0.207. The number of halogens is 3. The maximum atomic E-state index is 12.6. The lowest BCUT2D eigenvalue weighted by Crippen LogP contribution is -2.29. The highest BCUT2D eigenvalue weighted by Gasteiger charge is 2.35. The van der Waals surface area contributed by atoms with Crippen molar-refractivity contribution >= 4 is 34.4 Å². The summed E-state index contributed by atoms with van der Waals surface area (Å²) < 4.78 is 44.1. The maximum absolute atomic E-state index is 12.6. The van der Waals surface area contributed by atoms with Crippen molar-refractivity contribution in [2.24, 2.45) is 11.3 Å². The van der Waals surface area contributed by atoms with Crippen LogP contribution >= 0.6 is 11.8 Å². The molecule has 38 heavy (non-hydrogen) atoms. The summed E-state index contributed by atoms with van der Waals surface area (Å²) in [4.78, 5) is 6.12. The van der Waals surface area contributed by atoms with Crippen molar-refractivity contribution in [1.29, 1.82) is 0 Å². The van der Waals surface area contributed by atoms with Crippen LogP contribution in [0.2, 0.25) is 0 Å². The van der Waals surface area contributed by atoms with E-state index >= 15 is 0 Å². The highest BCUT2D eigenvalue weighted by molar-refractivity contribution is 7.98. The molecule has 1 aliphatic carbocycles. The first-order valence-electron chi connectivity index (χ1n) is 12.9. The maximum Gasteiger partial charge on any atom is 0.573 e. The van der Waals surface area contributed by atoms with Crippen LogP contribution in [-0.4, -0.2) is 15.9 Å². The second-order valence-electron chi connectivity index (χ2n) is 11.0. The predicted molar refractivity (Wildman–Crippen MR) is 148 cm³/mol. The van der Waals surface area contributed by atoms with Crippen LogP contribution < -0.4 is 10.1 Å². The smallest absolute Gasteiger partial charge is 0.406 e. The highest BCUT2D eigenvalue weighted by atomic mass is 32.2. The Labute approximate surface area is 225 Å². The van der Waals surface area contributed by atoms with Crippen LogP contribution in [0.25, 0.3) is 11.0 Å². The molecule has 1 aliphatic rings. The molecule has 4 aromatic rings. The minimum Gasteiger partial charge on any atom is -0.406 e. The lowest BCUT2D eigenvalue weighted by atomic mass is 9.70. The van der Waals surface area contributed by atoms with E-state index in [1.807, 2.05) is 18.2 Å². The molecule has 3 aromatic carbocycles. The highest BCUT2D eigenvalue weighted by Crippen LogP contribution is 2.46. The molecule has 2 unspecified atom stereocenters. The lowest BCUT2D eigenvalue weighted by molar-refractivity contribution is -0.274. The molecule has 4 nitrogen and oxygen atoms in total. The van der Waals surface area contributed by atoms with Gasteiger partial charge in [0.05, 0.1) is 11.0 Å². The fraction of sp³-hybridized carbons (Fsp3) is 0.367. The zero-order valence-electron chi connectivity index (χ0n) is 21.8. The third kappa shape index (κ3) is 6.46. The van der Waals surface area contributed by atoms with Crippen molar-refractivity contribution in [2.75, 3.05) is 5.32 Å². The molecule has 0 radical (unpaired) electrons. The molecule has 1 saturated carbocycles. The lowest BCUT2D eigenvalue weighted by Gasteiger charge is -2.40. The number of benzene rings is 3. The number of fused-ring (bicyclic) bond motifs is 1. The molecule has 2 atom stereocenters. The van der Waals surface area contributed by atoms with E-state index < -0.39 is 6.36 Å². The summed E-state index contributed by atoms with van der Waals surface area (Å²) in [5, 5.41) is 3.38. The molecular formula is C30H32F3N3OS. The Balaban J connectivity index is 1.46. The largest absolute Gasteiger partial charge is 0.573 e. The Hall–Kier alpha value is -3.13.